The number of carbonyl (C=O) groups excluding carboxylic acids is 1. The number of rotatable bonds is 5. The zero-order valence-electron chi connectivity index (χ0n) is 14.1. The fraction of sp³-hybridized carbons (Fsp3) is 0.150. The zero-order chi connectivity index (χ0) is 17.8. The van der Waals surface area contributed by atoms with E-state index in [0.29, 0.717) is 16.5 Å². The summed E-state index contributed by atoms with van der Waals surface area (Å²) in [6, 6.07) is 19.4. The number of methoxy groups -OCH3 is 1. The molecule has 0 aliphatic heterocycles. The highest BCUT2D eigenvalue weighted by molar-refractivity contribution is 6.31. The first-order valence-electron chi connectivity index (χ1n) is 7.90. The van der Waals surface area contributed by atoms with Crippen LogP contribution in [0, 0.1) is 0 Å². The van der Waals surface area contributed by atoms with Crippen LogP contribution in [0.3, 0.4) is 0 Å². The van der Waals surface area contributed by atoms with Gasteiger partial charge in [0.15, 0.2) is 0 Å². The van der Waals surface area contributed by atoms with E-state index in [-0.39, 0.29) is 12.5 Å². The van der Waals surface area contributed by atoms with Crippen LogP contribution in [0.2, 0.25) is 5.02 Å². The summed E-state index contributed by atoms with van der Waals surface area (Å²) in [4.78, 5) is 14.3. The number of likely N-dealkylation sites (N-methyl/N-ethyl adjacent to an activating group) is 1. The van der Waals surface area contributed by atoms with Crippen LogP contribution in [0.5, 0.6) is 5.75 Å². The summed E-state index contributed by atoms with van der Waals surface area (Å²) in [5.74, 6) is 0.433. The van der Waals surface area contributed by atoms with E-state index in [4.69, 9.17) is 16.3 Å². The van der Waals surface area contributed by atoms with Crippen LogP contribution in [-0.2, 0) is 4.79 Å². The number of ether oxygens (including phenoxy) is 1. The minimum Gasteiger partial charge on any atom is -0.495 e. The average molecular weight is 355 g/mol. The lowest BCUT2D eigenvalue weighted by Crippen LogP contribution is -2.30. The Morgan fingerprint density at radius 3 is 2.60 bits per heavy atom. The summed E-state index contributed by atoms with van der Waals surface area (Å²) in [5.41, 5.74) is 1.54. The Balaban J connectivity index is 1.72. The Labute approximate surface area is 152 Å². The molecule has 0 saturated heterocycles. The van der Waals surface area contributed by atoms with E-state index in [2.05, 4.69) is 29.6 Å². The first-order chi connectivity index (χ1) is 12.1. The fourth-order valence-corrected chi connectivity index (χ4v) is 2.86. The number of benzene rings is 3. The highest BCUT2D eigenvalue weighted by Gasteiger charge is 2.11. The molecule has 0 aromatic heterocycles. The number of halogens is 1. The maximum atomic E-state index is 12.4. The minimum absolute atomic E-state index is 0.142. The van der Waals surface area contributed by atoms with Crippen molar-refractivity contribution in [3.63, 3.8) is 0 Å². The first kappa shape index (κ1) is 17.1. The third-order valence-corrected chi connectivity index (χ3v) is 4.23. The number of carbonyl (C=O) groups is 1. The van der Waals surface area contributed by atoms with Crippen LogP contribution in [0.1, 0.15) is 0 Å². The Morgan fingerprint density at radius 2 is 1.84 bits per heavy atom. The molecule has 128 valence electrons. The third-order valence-electron chi connectivity index (χ3n) is 3.99. The second kappa shape index (κ2) is 7.45. The van der Waals surface area contributed by atoms with Crippen molar-refractivity contribution in [1.29, 1.82) is 0 Å². The van der Waals surface area contributed by atoms with Gasteiger partial charge >= 0.3 is 0 Å². The standard InChI is InChI=1S/C20H19ClN2O2/c1-23(17-9-7-14-5-3-4-6-15(14)11-17)13-20(24)22-18-12-16(21)8-10-19(18)25-2/h3-12H,13H2,1-2H3,(H,22,24). The molecule has 0 bridgehead atoms. The molecule has 0 aliphatic carbocycles. The van der Waals surface area contributed by atoms with Crippen molar-refractivity contribution in [2.24, 2.45) is 0 Å². The molecule has 0 atom stereocenters. The first-order valence-corrected chi connectivity index (χ1v) is 8.28. The normalized spacial score (nSPS) is 10.5. The monoisotopic (exact) mass is 354 g/mol. The zero-order valence-corrected chi connectivity index (χ0v) is 14.9. The molecular weight excluding hydrogens is 336 g/mol. The van der Waals surface area contributed by atoms with Crippen LogP contribution < -0.4 is 15.0 Å². The van der Waals surface area contributed by atoms with Gasteiger partial charge in [0.2, 0.25) is 5.91 Å². The lowest BCUT2D eigenvalue weighted by molar-refractivity contribution is -0.114. The number of nitrogens with one attached hydrogen (secondary N) is 1. The molecule has 3 aromatic carbocycles. The lowest BCUT2D eigenvalue weighted by atomic mass is 10.1. The molecular formula is C20H19ClN2O2. The quantitative estimate of drug-likeness (QED) is 0.729. The molecule has 1 amide bonds. The van der Waals surface area contributed by atoms with Crippen LogP contribution in [-0.4, -0.2) is 26.6 Å². The molecule has 0 heterocycles. The summed E-state index contributed by atoms with van der Waals surface area (Å²) in [5, 5.41) is 5.71. The van der Waals surface area contributed by atoms with Gasteiger partial charge in [-0.1, -0.05) is 41.9 Å². The van der Waals surface area contributed by atoms with Crippen LogP contribution in [0.4, 0.5) is 11.4 Å². The molecule has 0 fully saturated rings. The maximum absolute atomic E-state index is 12.4. The molecule has 0 unspecified atom stereocenters. The fourth-order valence-electron chi connectivity index (χ4n) is 2.69. The van der Waals surface area contributed by atoms with Crippen molar-refractivity contribution in [3.8, 4) is 5.75 Å². The summed E-state index contributed by atoms with van der Waals surface area (Å²) < 4.78 is 5.25. The molecule has 4 nitrogen and oxygen atoms in total. The molecule has 1 N–H and O–H groups in total. The van der Waals surface area contributed by atoms with Gasteiger partial charge in [0.1, 0.15) is 5.75 Å². The SMILES string of the molecule is COc1ccc(Cl)cc1NC(=O)CN(C)c1ccc2ccccc2c1. The third kappa shape index (κ3) is 4.03. The summed E-state index contributed by atoms with van der Waals surface area (Å²) in [6.45, 7) is 0.216. The average Bonchev–Trinajstić information content (AvgIpc) is 2.61. The van der Waals surface area contributed by atoms with Gasteiger partial charge < -0.3 is 15.0 Å². The van der Waals surface area contributed by atoms with E-state index in [1.54, 1.807) is 25.3 Å². The van der Waals surface area contributed by atoms with E-state index in [1.165, 1.54) is 5.39 Å². The van der Waals surface area contributed by atoms with Gasteiger partial charge in [-0.2, -0.15) is 0 Å². The molecule has 0 saturated carbocycles. The Morgan fingerprint density at radius 1 is 1.08 bits per heavy atom. The number of nitrogens with zero attached hydrogens (tertiary/aromatic N) is 1. The second-order valence-corrected chi connectivity index (χ2v) is 6.22. The van der Waals surface area contributed by atoms with Gasteiger partial charge in [0.25, 0.3) is 0 Å². The van der Waals surface area contributed by atoms with E-state index in [0.717, 1.165) is 11.1 Å². The summed E-state index contributed by atoms with van der Waals surface area (Å²) in [6.07, 6.45) is 0. The molecule has 3 rings (SSSR count). The summed E-state index contributed by atoms with van der Waals surface area (Å²) in [7, 11) is 3.44. The Bertz CT molecular complexity index is 911. The number of fused-ring (bicyclic) bond motifs is 1. The molecule has 3 aromatic rings. The van der Waals surface area contributed by atoms with Gasteiger partial charge in [0.05, 0.1) is 19.3 Å². The van der Waals surface area contributed by atoms with Crippen molar-refractivity contribution >= 4 is 39.7 Å². The largest absolute Gasteiger partial charge is 0.495 e. The van der Waals surface area contributed by atoms with Crippen molar-refractivity contribution in [1.82, 2.24) is 0 Å². The van der Waals surface area contributed by atoms with Gasteiger partial charge in [-0.3, -0.25) is 4.79 Å². The molecule has 5 heteroatoms. The lowest BCUT2D eigenvalue weighted by Gasteiger charge is -2.20. The van der Waals surface area contributed by atoms with Crippen LogP contribution in [0.25, 0.3) is 10.8 Å². The second-order valence-electron chi connectivity index (χ2n) is 5.78. The molecule has 0 aliphatic rings. The van der Waals surface area contributed by atoms with Crippen molar-refractivity contribution in [2.45, 2.75) is 0 Å². The van der Waals surface area contributed by atoms with Crippen LogP contribution in [0.15, 0.2) is 60.7 Å². The number of anilines is 2. The predicted molar refractivity (Wildman–Crippen MR) is 104 cm³/mol. The van der Waals surface area contributed by atoms with E-state index in [9.17, 15) is 4.79 Å². The number of amides is 1. The maximum Gasteiger partial charge on any atom is 0.243 e. The molecule has 25 heavy (non-hydrogen) atoms. The van der Waals surface area contributed by atoms with Gasteiger partial charge in [0, 0.05) is 17.8 Å². The van der Waals surface area contributed by atoms with Gasteiger partial charge in [-0.15, -0.1) is 0 Å². The highest BCUT2D eigenvalue weighted by Crippen LogP contribution is 2.28. The van der Waals surface area contributed by atoms with Gasteiger partial charge in [-0.05, 0) is 41.1 Å². The Kier molecular flexibility index (Phi) is 5.10. The summed E-state index contributed by atoms with van der Waals surface area (Å²) >= 11 is 6.00. The van der Waals surface area contributed by atoms with E-state index >= 15 is 0 Å². The van der Waals surface area contributed by atoms with Gasteiger partial charge in [-0.25, -0.2) is 0 Å². The minimum atomic E-state index is -0.142. The van der Waals surface area contributed by atoms with Crippen molar-refractivity contribution in [3.05, 3.63) is 65.7 Å². The van der Waals surface area contributed by atoms with E-state index < -0.39 is 0 Å². The number of hydrogen-bond acceptors (Lipinski definition) is 3. The highest BCUT2D eigenvalue weighted by atomic mass is 35.5. The number of hydrogen-bond donors (Lipinski definition) is 1. The molecule has 0 spiro atoms. The van der Waals surface area contributed by atoms with Crippen molar-refractivity contribution < 1.29 is 9.53 Å². The topological polar surface area (TPSA) is 41.6 Å². The Hall–Kier alpha value is -2.72. The van der Waals surface area contributed by atoms with Crippen molar-refractivity contribution in [2.75, 3.05) is 30.9 Å². The molecule has 0 radical (unpaired) electrons. The predicted octanol–water partition coefficient (Wildman–Crippen LogP) is 4.58. The van der Waals surface area contributed by atoms with Crippen LogP contribution >= 0.6 is 11.6 Å². The smallest absolute Gasteiger partial charge is 0.243 e. The van der Waals surface area contributed by atoms with E-state index in [1.807, 2.05) is 30.1 Å².